The first-order valence-electron chi connectivity index (χ1n) is 4.42. The number of urea groups is 1. The lowest BCUT2D eigenvalue weighted by molar-refractivity contribution is -0.123. The molecule has 1 aliphatic rings. The van der Waals surface area contributed by atoms with E-state index in [1.54, 1.807) is 6.07 Å². The fourth-order valence-electron chi connectivity index (χ4n) is 1.60. The number of halogens is 1. The van der Waals surface area contributed by atoms with E-state index in [9.17, 15) is 14.0 Å². The molecule has 0 radical (unpaired) electrons. The molecule has 5 heteroatoms. The molecule has 78 valence electrons. The predicted molar refractivity (Wildman–Crippen MR) is 50.4 cm³/mol. The van der Waals surface area contributed by atoms with Crippen molar-refractivity contribution in [2.75, 3.05) is 0 Å². The smallest absolute Gasteiger partial charge is 0.319 e. The predicted octanol–water partition coefficient (Wildman–Crippen LogP) is 0.880. The van der Waals surface area contributed by atoms with Crippen LogP contribution in [-0.2, 0) is 10.3 Å². The molecule has 2 N–H and O–H groups in total. The number of benzene rings is 1. The summed E-state index contributed by atoms with van der Waals surface area (Å²) >= 11 is 0. The van der Waals surface area contributed by atoms with Gasteiger partial charge in [-0.2, -0.15) is 0 Å². The van der Waals surface area contributed by atoms with Crippen molar-refractivity contribution in [3.8, 4) is 0 Å². The second-order valence-corrected chi connectivity index (χ2v) is 3.51. The third kappa shape index (κ3) is 1.36. The maximum atomic E-state index is 13.5. The summed E-state index contributed by atoms with van der Waals surface area (Å²) in [5.41, 5.74) is -1.16. The normalized spacial score (nSPS) is 24.9. The molecule has 1 fully saturated rings. The van der Waals surface area contributed by atoms with Crippen LogP contribution in [-0.4, -0.2) is 11.9 Å². The van der Waals surface area contributed by atoms with Gasteiger partial charge < -0.3 is 5.32 Å². The van der Waals surface area contributed by atoms with E-state index in [0.29, 0.717) is 0 Å². The summed E-state index contributed by atoms with van der Waals surface area (Å²) in [4.78, 5) is 22.5. The second-order valence-electron chi connectivity index (χ2n) is 3.51. The number of hydrogen-bond donors (Lipinski definition) is 2. The van der Waals surface area contributed by atoms with Crippen LogP contribution >= 0.6 is 0 Å². The number of rotatable bonds is 1. The van der Waals surface area contributed by atoms with Crippen molar-refractivity contribution in [3.05, 3.63) is 35.6 Å². The molecule has 0 spiro atoms. The minimum absolute atomic E-state index is 0.161. The lowest BCUT2D eigenvalue weighted by atomic mass is 9.92. The molecule has 0 unspecified atom stereocenters. The van der Waals surface area contributed by atoms with Gasteiger partial charge in [-0.15, -0.1) is 0 Å². The topological polar surface area (TPSA) is 58.2 Å². The molecule has 0 bridgehead atoms. The van der Waals surface area contributed by atoms with Crippen LogP contribution in [0.15, 0.2) is 24.3 Å². The van der Waals surface area contributed by atoms with Crippen LogP contribution in [0.5, 0.6) is 0 Å². The summed E-state index contributed by atoms with van der Waals surface area (Å²) in [5.74, 6) is -1.06. The van der Waals surface area contributed by atoms with E-state index < -0.39 is 23.3 Å². The van der Waals surface area contributed by atoms with Gasteiger partial charge in [0.15, 0.2) is 0 Å². The third-order valence-corrected chi connectivity index (χ3v) is 2.46. The van der Waals surface area contributed by atoms with Crippen molar-refractivity contribution in [3.63, 3.8) is 0 Å². The zero-order valence-electron chi connectivity index (χ0n) is 8.00. The van der Waals surface area contributed by atoms with E-state index >= 15 is 0 Å². The van der Waals surface area contributed by atoms with Crippen LogP contribution in [0, 0.1) is 5.82 Å². The first-order valence-corrected chi connectivity index (χ1v) is 4.42. The molecule has 3 amide bonds. The molecule has 1 heterocycles. The van der Waals surface area contributed by atoms with Crippen LogP contribution in [0.25, 0.3) is 0 Å². The van der Waals surface area contributed by atoms with Crippen molar-refractivity contribution >= 4 is 11.9 Å². The number of amides is 3. The van der Waals surface area contributed by atoms with Crippen LogP contribution in [0.1, 0.15) is 12.5 Å². The standard InChI is InChI=1S/C10H9FN2O2/c1-10(8(14)12-9(15)13-10)6-4-2-3-5-7(6)11/h2-5H,1H3,(H2,12,13,14,15)/t10-/m1/s1. The van der Waals surface area contributed by atoms with Crippen molar-refractivity contribution in [2.45, 2.75) is 12.5 Å². The highest BCUT2D eigenvalue weighted by atomic mass is 19.1. The Kier molecular flexibility index (Phi) is 1.96. The van der Waals surface area contributed by atoms with Gasteiger partial charge in [0.1, 0.15) is 11.4 Å². The number of carbonyl (C=O) groups excluding carboxylic acids is 2. The minimum Gasteiger partial charge on any atom is -0.319 e. The molecule has 1 aromatic carbocycles. The highest BCUT2D eigenvalue weighted by Gasteiger charge is 2.44. The van der Waals surface area contributed by atoms with Crippen LogP contribution in [0.2, 0.25) is 0 Å². The van der Waals surface area contributed by atoms with Gasteiger partial charge in [-0.3, -0.25) is 10.1 Å². The first-order chi connectivity index (χ1) is 7.04. The molecule has 1 aliphatic heterocycles. The molecule has 1 atom stereocenters. The maximum Gasteiger partial charge on any atom is 0.322 e. The Morgan fingerprint density at radius 3 is 2.47 bits per heavy atom. The average Bonchev–Trinajstić information content (AvgIpc) is 2.42. The molecule has 0 aromatic heterocycles. The molecule has 1 saturated heterocycles. The SMILES string of the molecule is C[C@]1(c2ccccc2F)NC(=O)NC1=O. The molecule has 0 aliphatic carbocycles. The molecule has 4 nitrogen and oxygen atoms in total. The van der Waals surface area contributed by atoms with Gasteiger partial charge in [-0.1, -0.05) is 18.2 Å². The minimum atomic E-state index is -1.32. The number of carbonyl (C=O) groups is 2. The van der Waals surface area contributed by atoms with Gasteiger partial charge in [-0.25, -0.2) is 9.18 Å². The largest absolute Gasteiger partial charge is 0.322 e. The van der Waals surface area contributed by atoms with Gasteiger partial charge >= 0.3 is 6.03 Å². The quantitative estimate of drug-likeness (QED) is 0.673. The van der Waals surface area contributed by atoms with Crippen molar-refractivity contribution in [1.82, 2.24) is 10.6 Å². The zero-order chi connectivity index (χ0) is 11.1. The Balaban J connectivity index is 2.51. The summed E-state index contributed by atoms with van der Waals surface area (Å²) in [6.07, 6.45) is 0. The molecule has 15 heavy (non-hydrogen) atoms. The molecule has 0 saturated carbocycles. The number of hydrogen-bond acceptors (Lipinski definition) is 2. The Morgan fingerprint density at radius 2 is 1.93 bits per heavy atom. The lowest BCUT2D eigenvalue weighted by Gasteiger charge is -2.21. The summed E-state index contributed by atoms with van der Waals surface area (Å²) < 4.78 is 13.5. The van der Waals surface area contributed by atoms with Crippen LogP contribution in [0.3, 0.4) is 0 Å². The van der Waals surface area contributed by atoms with E-state index in [1.807, 2.05) is 0 Å². The van der Waals surface area contributed by atoms with Gasteiger partial charge in [0.2, 0.25) is 0 Å². The maximum absolute atomic E-state index is 13.5. The Bertz CT molecular complexity index is 447. The Labute approximate surface area is 85.5 Å². The fourth-order valence-corrected chi connectivity index (χ4v) is 1.60. The first kappa shape index (κ1) is 9.64. The second kappa shape index (κ2) is 3.05. The van der Waals surface area contributed by atoms with Gasteiger partial charge in [0.05, 0.1) is 0 Å². The van der Waals surface area contributed by atoms with Crippen molar-refractivity contribution in [1.29, 1.82) is 0 Å². The summed E-state index contributed by atoms with van der Waals surface area (Å²) in [5, 5.41) is 4.47. The van der Waals surface area contributed by atoms with Gasteiger partial charge in [-0.05, 0) is 13.0 Å². The molecule has 2 rings (SSSR count). The summed E-state index contributed by atoms with van der Waals surface area (Å²) in [7, 11) is 0. The Hall–Kier alpha value is -1.91. The highest BCUT2D eigenvalue weighted by Crippen LogP contribution is 2.26. The summed E-state index contributed by atoms with van der Waals surface area (Å²) in [6, 6.07) is 5.25. The van der Waals surface area contributed by atoms with E-state index in [0.717, 1.165) is 0 Å². The molecule has 1 aromatic rings. The molecular formula is C10H9FN2O2. The van der Waals surface area contributed by atoms with Crippen LogP contribution in [0.4, 0.5) is 9.18 Å². The third-order valence-electron chi connectivity index (χ3n) is 2.46. The van der Waals surface area contributed by atoms with E-state index in [1.165, 1.54) is 25.1 Å². The van der Waals surface area contributed by atoms with E-state index in [2.05, 4.69) is 10.6 Å². The summed E-state index contributed by atoms with van der Waals surface area (Å²) in [6.45, 7) is 1.46. The highest BCUT2D eigenvalue weighted by molar-refractivity contribution is 6.07. The van der Waals surface area contributed by atoms with Gasteiger partial charge in [0.25, 0.3) is 5.91 Å². The fraction of sp³-hybridized carbons (Fsp3) is 0.200. The Morgan fingerprint density at radius 1 is 1.27 bits per heavy atom. The monoisotopic (exact) mass is 208 g/mol. The van der Waals surface area contributed by atoms with E-state index in [-0.39, 0.29) is 5.56 Å². The van der Waals surface area contributed by atoms with Crippen molar-refractivity contribution in [2.24, 2.45) is 0 Å². The lowest BCUT2D eigenvalue weighted by Crippen LogP contribution is -2.41. The van der Waals surface area contributed by atoms with Crippen molar-refractivity contribution < 1.29 is 14.0 Å². The van der Waals surface area contributed by atoms with Crippen LogP contribution < -0.4 is 10.6 Å². The zero-order valence-corrected chi connectivity index (χ0v) is 8.00. The molecular weight excluding hydrogens is 199 g/mol. The number of nitrogens with one attached hydrogen (secondary N) is 2. The van der Waals surface area contributed by atoms with E-state index in [4.69, 9.17) is 0 Å². The van der Waals surface area contributed by atoms with Gasteiger partial charge in [0, 0.05) is 5.56 Å². The average molecular weight is 208 g/mol. The number of imide groups is 1.